The van der Waals surface area contributed by atoms with Gasteiger partial charge in [-0.15, -0.1) is 0 Å². The maximum Gasteiger partial charge on any atom is 0.416 e. The molecule has 1 saturated heterocycles. The predicted molar refractivity (Wildman–Crippen MR) is 154 cm³/mol. The number of esters is 1. The summed E-state index contributed by atoms with van der Waals surface area (Å²) in [6, 6.07) is 23.3. The highest BCUT2D eigenvalue weighted by molar-refractivity contribution is 5.83. The third-order valence-corrected chi connectivity index (χ3v) is 7.99. The molecule has 3 aromatic carbocycles. The number of rotatable bonds is 11. The lowest BCUT2D eigenvalue weighted by molar-refractivity contribution is -0.151. The highest BCUT2D eigenvalue weighted by Crippen LogP contribution is 2.35. The van der Waals surface area contributed by atoms with E-state index >= 15 is 0 Å². The molecule has 0 aromatic heterocycles. The molecule has 4 rings (SSSR count). The average molecular weight is 553 g/mol. The Balaban J connectivity index is 1.31. The normalized spacial score (nSPS) is 16.0. The molecule has 0 N–H and O–H groups in total. The van der Waals surface area contributed by atoms with Gasteiger partial charge in [-0.3, -0.25) is 9.69 Å². The number of piperazine rings is 1. The zero-order valence-electron chi connectivity index (χ0n) is 23.4. The van der Waals surface area contributed by atoms with Gasteiger partial charge in [0.25, 0.3) is 0 Å². The van der Waals surface area contributed by atoms with Gasteiger partial charge in [0.05, 0.1) is 17.6 Å². The van der Waals surface area contributed by atoms with Gasteiger partial charge >= 0.3 is 12.1 Å². The third kappa shape index (κ3) is 7.05. The lowest BCUT2D eigenvalue weighted by Gasteiger charge is -2.37. The lowest BCUT2D eigenvalue weighted by atomic mass is 9.74. The van der Waals surface area contributed by atoms with E-state index in [2.05, 4.69) is 16.7 Å². The second kappa shape index (κ2) is 13.4. The van der Waals surface area contributed by atoms with Crippen LogP contribution in [0.1, 0.15) is 50.7 Å². The maximum atomic E-state index is 13.2. The van der Waals surface area contributed by atoms with E-state index in [0.29, 0.717) is 13.0 Å². The van der Waals surface area contributed by atoms with E-state index in [1.807, 2.05) is 61.5 Å². The molecule has 1 unspecified atom stereocenters. The fourth-order valence-electron chi connectivity index (χ4n) is 5.53. The van der Waals surface area contributed by atoms with Gasteiger partial charge in [-0.25, -0.2) is 0 Å². The Kier molecular flexibility index (Phi) is 9.90. The summed E-state index contributed by atoms with van der Waals surface area (Å²) in [6.07, 6.45) is -1.16. The van der Waals surface area contributed by atoms with Gasteiger partial charge < -0.3 is 9.64 Å². The number of nitrogens with zero attached hydrogens (tertiary/aromatic N) is 2. The third-order valence-electron chi connectivity index (χ3n) is 7.99. The quantitative estimate of drug-likeness (QED) is 0.230. The maximum absolute atomic E-state index is 13.2. The molecule has 3 aromatic rings. The Bertz CT molecular complexity index is 1210. The summed E-state index contributed by atoms with van der Waals surface area (Å²) in [5, 5.41) is 0. The number of hydrogen-bond acceptors (Lipinski definition) is 4. The molecular formula is C33H39F3N2O2. The number of carbonyl (C=O) groups is 1. The van der Waals surface area contributed by atoms with Gasteiger partial charge in [-0.1, -0.05) is 68.4 Å². The molecule has 0 bridgehead atoms. The fourth-order valence-corrected chi connectivity index (χ4v) is 5.53. The molecule has 1 aliphatic rings. The number of ether oxygens (including phenoxy) is 1. The van der Waals surface area contributed by atoms with E-state index in [0.717, 1.165) is 86.5 Å². The molecular weight excluding hydrogens is 513 g/mol. The molecule has 4 nitrogen and oxygen atoms in total. The van der Waals surface area contributed by atoms with Crippen LogP contribution >= 0.6 is 0 Å². The number of benzene rings is 3. The Hall–Kier alpha value is -3.32. The van der Waals surface area contributed by atoms with E-state index in [1.165, 1.54) is 12.1 Å². The molecule has 0 amide bonds. The molecule has 1 aliphatic heterocycles. The average Bonchev–Trinajstić information content (AvgIpc) is 2.99. The van der Waals surface area contributed by atoms with Crippen molar-refractivity contribution in [1.82, 2.24) is 4.90 Å². The van der Waals surface area contributed by atoms with Crippen molar-refractivity contribution < 1.29 is 22.7 Å². The molecule has 7 heteroatoms. The van der Waals surface area contributed by atoms with Gasteiger partial charge in [0.1, 0.15) is 0 Å². The highest BCUT2D eigenvalue weighted by Gasteiger charge is 2.39. The second-order valence-electron chi connectivity index (χ2n) is 10.5. The van der Waals surface area contributed by atoms with Crippen molar-refractivity contribution >= 4 is 11.7 Å². The molecule has 1 fully saturated rings. The van der Waals surface area contributed by atoms with Crippen molar-refractivity contribution in [2.45, 2.75) is 51.1 Å². The Morgan fingerprint density at radius 2 is 1.40 bits per heavy atom. The molecule has 0 radical (unpaired) electrons. The topological polar surface area (TPSA) is 32.8 Å². The fraction of sp³-hybridized carbons (Fsp3) is 0.424. The van der Waals surface area contributed by atoms with Crippen LogP contribution in [0.2, 0.25) is 0 Å². The zero-order chi connectivity index (χ0) is 28.6. The Morgan fingerprint density at radius 1 is 0.800 bits per heavy atom. The molecule has 0 spiro atoms. The van der Waals surface area contributed by atoms with E-state index in [9.17, 15) is 18.0 Å². The van der Waals surface area contributed by atoms with Crippen LogP contribution in [0.3, 0.4) is 0 Å². The number of alkyl halides is 3. The Morgan fingerprint density at radius 3 is 1.95 bits per heavy atom. The molecule has 214 valence electrons. The van der Waals surface area contributed by atoms with Crippen molar-refractivity contribution in [2.24, 2.45) is 0 Å². The van der Waals surface area contributed by atoms with E-state index < -0.39 is 17.2 Å². The molecule has 40 heavy (non-hydrogen) atoms. The van der Waals surface area contributed by atoms with Crippen molar-refractivity contribution in [3.63, 3.8) is 0 Å². The van der Waals surface area contributed by atoms with Crippen LogP contribution in [-0.2, 0) is 21.1 Å². The predicted octanol–water partition coefficient (Wildman–Crippen LogP) is 7.58. The first-order chi connectivity index (χ1) is 19.3. The summed E-state index contributed by atoms with van der Waals surface area (Å²) in [7, 11) is 0. The van der Waals surface area contributed by atoms with Gasteiger partial charge in [-0.05, 0) is 73.2 Å². The van der Waals surface area contributed by atoms with Gasteiger partial charge in [0, 0.05) is 31.9 Å². The van der Waals surface area contributed by atoms with Gasteiger partial charge in [0.15, 0.2) is 0 Å². The first-order valence-electron chi connectivity index (χ1n) is 14.2. The summed E-state index contributed by atoms with van der Waals surface area (Å²) >= 11 is 0. The largest absolute Gasteiger partial charge is 0.465 e. The van der Waals surface area contributed by atoms with Gasteiger partial charge in [0.2, 0.25) is 0 Å². The monoisotopic (exact) mass is 552 g/mol. The minimum Gasteiger partial charge on any atom is -0.465 e. The SMILES string of the molecule is CCCOC(=O)C(CC)(CCCN1CCN(c2ccc(-c3ccc(C(F)(F)F)cc3)cc2)CC1)c1ccccc1. The standard InChI is InChI=1S/C33H39F3N2O2/c1-3-25-40-31(39)32(4-2,28-9-6-5-7-10-28)19-8-20-37-21-23-38(24-22-37)30-17-13-27(14-18-30)26-11-15-29(16-12-26)33(34,35)36/h5-7,9-18H,3-4,8,19-25H2,1-2H3. The molecule has 0 aliphatic carbocycles. The Labute approximate surface area is 235 Å². The lowest BCUT2D eigenvalue weighted by Crippen LogP contribution is -2.47. The van der Waals surface area contributed by atoms with Crippen LogP contribution in [0.15, 0.2) is 78.9 Å². The summed E-state index contributed by atoms with van der Waals surface area (Å²) in [5.41, 5.74) is 2.55. The summed E-state index contributed by atoms with van der Waals surface area (Å²) in [5.74, 6) is -0.118. The first kappa shape index (κ1) is 29.7. The van der Waals surface area contributed by atoms with E-state index in [-0.39, 0.29) is 5.97 Å². The molecule has 1 heterocycles. The van der Waals surface area contributed by atoms with Crippen molar-refractivity contribution in [1.29, 1.82) is 0 Å². The van der Waals surface area contributed by atoms with Crippen molar-refractivity contribution in [3.8, 4) is 11.1 Å². The number of hydrogen-bond donors (Lipinski definition) is 0. The van der Waals surface area contributed by atoms with E-state index in [1.54, 1.807) is 0 Å². The second-order valence-corrected chi connectivity index (χ2v) is 10.5. The number of anilines is 1. The zero-order valence-corrected chi connectivity index (χ0v) is 23.4. The van der Waals surface area contributed by atoms with Crippen LogP contribution in [-0.4, -0.2) is 50.2 Å². The minimum absolute atomic E-state index is 0.118. The van der Waals surface area contributed by atoms with Gasteiger partial charge in [-0.2, -0.15) is 13.2 Å². The summed E-state index contributed by atoms with van der Waals surface area (Å²) in [6.45, 7) is 9.12. The van der Waals surface area contributed by atoms with Crippen molar-refractivity contribution in [2.75, 3.05) is 44.2 Å². The van der Waals surface area contributed by atoms with Crippen LogP contribution in [0, 0.1) is 0 Å². The van der Waals surface area contributed by atoms with Crippen LogP contribution < -0.4 is 4.90 Å². The smallest absolute Gasteiger partial charge is 0.416 e. The summed E-state index contributed by atoms with van der Waals surface area (Å²) < 4.78 is 44.2. The van der Waals surface area contributed by atoms with Crippen LogP contribution in [0.5, 0.6) is 0 Å². The first-order valence-corrected chi connectivity index (χ1v) is 14.2. The highest BCUT2D eigenvalue weighted by atomic mass is 19.4. The molecule has 0 saturated carbocycles. The minimum atomic E-state index is -4.33. The number of halogens is 3. The van der Waals surface area contributed by atoms with Crippen LogP contribution in [0.4, 0.5) is 18.9 Å². The summed E-state index contributed by atoms with van der Waals surface area (Å²) in [4.78, 5) is 18.0. The van der Waals surface area contributed by atoms with E-state index in [4.69, 9.17) is 4.74 Å². The number of carbonyl (C=O) groups excluding carboxylic acids is 1. The van der Waals surface area contributed by atoms with Crippen molar-refractivity contribution in [3.05, 3.63) is 90.0 Å². The molecule has 1 atom stereocenters. The van der Waals surface area contributed by atoms with Crippen LogP contribution in [0.25, 0.3) is 11.1 Å².